The van der Waals surface area contributed by atoms with E-state index in [1.165, 1.54) is 17.0 Å². The van der Waals surface area contributed by atoms with E-state index < -0.39 is 65.0 Å². The molecule has 3 heterocycles. The lowest BCUT2D eigenvalue weighted by Crippen LogP contribution is -2.47. The molecule has 0 radical (unpaired) electrons. The van der Waals surface area contributed by atoms with Gasteiger partial charge < -0.3 is 21.1 Å². The van der Waals surface area contributed by atoms with Crippen molar-refractivity contribution in [3.8, 4) is 0 Å². The van der Waals surface area contributed by atoms with Crippen LogP contribution < -0.4 is 11.1 Å². The van der Waals surface area contributed by atoms with E-state index >= 15 is 0 Å². The number of hydrogen-bond acceptors (Lipinski definition) is 5. The van der Waals surface area contributed by atoms with Crippen LogP contribution in [0, 0.1) is 11.7 Å². The molecule has 8 nitrogen and oxygen atoms in total. The number of aliphatic hydroxyl groups excluding tert-OH is 1. The van der Waals surface area contributed by atoms with Crippen LogP contribution in [-0.4, -0.2) is 56.9 Å². The zero-order valence-corrected chi connectivity index (χ0v) is 18.9. The molecule has 4 N–H and O–H groups in total. The zero-order chi connectivity index (χ0) is 27.2. The fraction of sp³-hybridized carbons (Fsp3) is 0.409. The quantitative estimate of drug-likeness (QED) is 0.419. The Kier molecular flexibility index (Phi) is 6.69. The van der Waals surface area contributed by atoms with Gasteiger partial charge in [-0.2, -0.15) is 36.0 Å². The molecule has 1 fully saturated rings. The number of likely N-dealkylation sites (tertiary alicyclic amines) is 1. The highest BCUT2D eigenvalue weighted by molar-refractivity contribution is 5.72. The average Bonchev–Trinajstić information content (AvgIpc) is 3.48. The topological polar surface area (TPSA) is 109 Å². The van der Waals surface area contributed by atoms with Gasteiger partial charge in [-0.3, -0.25) is 0 Å². The molecule has 3 aromatic rings. The largest absolute Gasteiger partial charge is 0.435 e. The molecule has 200 valence electrons. The van der Waals surface area contributed by atoms with Crippen molar-refractivity contribution in [1.29, 1.82) is 0 Å². The SMILES string of the molecule is NC(=O)N1CC[C@@H]([C@@](CO)(CNc2cc(C(F)(F)F)nc3cc(C(F)(F)F)nn23)c2ccc(F)cc2)C1. The van der Waals surface area contributed by atoms with Gasteiger partial charge in [-0.25, -0.2) is 14.2 Å². The van der Waals surface area contributed by atoms with E-state index in [-0.39, 0.29) is 19.6 Å². The minimum atomic E-state index is -4.97. The van der Waals surface area contributed by atoms with Crippen LogP contribution in [-0.2, 0) is 17.8 Å². The lowest BCUT2D eigenvalue weighted by molar-refractivity contribution is -0.142. The number of amides is 2. The van der Waals surface area contributed by atoms with E-state index in [2.05, 4.69) is 15.4 Å². The number of halogens is 7. The number of nitrogens with zero attached hydrogens (tertiary/aromatic N) is 4. The zero-order valence-electron chi connectivity index (χ0n) is 18.9. The smallest absolute Gasteiger partial charge is 0.395 e. The predicted molar refractivity (Wildman–Crippen MR) is 116 cm³/mol. The number of alkyl halides is 6. The maximum Gasteiger partial charge on any atom is 0.435 e. The number of aliphatic hydroxyl groups is 1. The summed E-state index contributed by atoms with van der Waals surface area (Å²) in [6.07, 6.45) is -9.56. The summed E-state index contributed by atoms with van der Waals surface area (Å²) in [4.78, 5) is 16.3. The summed E-state index contributed by atoms with van der Waals surface area (Å²) in [6, 6.07) is 5.24. The van der Waals surface area contributed by atoms with Crippen LogP contribution >= 0.6 is 0 Å². The molecule has 1 saturated heterocycles. The van der Waals surface area contributed by atoms with Gasteiger partial charge in [0, 0.05) is 37.2 Å². The van der Waals surface area contributed by atoms with Gasteiger partial charge in [-0.05, 0) is 30.0 Å². The molecular weight excluding hydrogens is 513 g/mol. The molecule has 0 bridgehead atoms. The number of primary amides is 1. The van der Waals surface area contributed by atoms with Crippen LogP contribution in [0.5, 0.6) is 0 Å². The Morgan fingerprint density at radius 2 is 1.73 bits per heavy atom. The number of rotatable bonds is 6. The lowest BCUT2D eigenvalue weighted by Gasteiger charge is -2.38. The molecule has 37 heavy (non-hydrogen) atoms. The summed E-state index contributed by atoms with van der Waals surface area (Å²) in [5.41, 5.74) is 0.897. The van der Waals surface area contributed by atoms with E-state index in [0.29, 0.717) is 28.6 Å². The molecule has 0 saturated carbocycles. The van der Waals surface area contributed by atoms with Gasteiger partial charge in [0.25, 0.3) is 0 Å². The summed E-state index contributed by atoms with van der Waals surface area (Å²) in [7, 11) is 0. The van der Waals surface area contributed by atoms with E-state index in [0.717, 1.165) is 12.1 Å². The van der Waals surface area contributed by atoms with Crippen LogP contribution in [0.2, 0.25) is 0 Å². The van der Waals surface area contributed by atoms with Crippen LogP contribution in [0.4, 0.5) is 41.3 Å². The molecule has 1 aromatic carbocycles. The van der Waals surface area contributed by atoms with Gasteiger partial charge in [0.05, 0.1) is 6.61 Å². The number of hydrogen-bond donors (Lipinski definition) is 3. The number of nitrogens with one attached hydrogen (secondary N) is 1. The minimum absolute atomic E-state index is 0.0918. The Morgan fingerprint density at radius 3 is 2.27 bits per heavy atom. The predicted octanol–water partition coefficient (Wildman–Crippen LogP) is 3.65. The second-order valence-corrected chi connectivity index (χ2v) is 8.77. The number of carbonyl (C=O) groups excluding carboxylic acids is 1. The van der Waals surface area contributed by atoms with Crippen molar-refractivity contribution in [3.05, 3.63) is 59.2 Å². The summed E-state index contributed by atoms with van der Waals surface area (Å²) < 4.78 is 94.4. The first-order valence-corrected chi connectivity index (χ1v) is 10.9. The van der Waals surface area contributed by atoms with Crippen molar-refractivity contribution < 1.29 is 40.6 Å². The molecular formula is C22H21F7N6O2. The summed E-state index contributed by atoms with van der Waals surface area (Å²) in [5.74, 6) is -1.51. The van der Waals surface area contributed by atoms with Gasteiger partial charge in [-0.1, -0.05) is 12.1 Å². The third kappa shape index (κ3) is 5.12. The Hall–Kier alpha value is -3.62. The average molecular weight is 534 g/mol. The van der Waals surface area contributed by atoms with Crippen molar-refractivity contribution in [3.63, 3.8) is 0 Å². The Balaban J connectivity index is 1.79. The van der Waals surface area contributed by atoms with Crippen LogP contribution in [0.3, 0.4) is 0 Å². The molecule has 15 heteroatoms. The highest BCUT2D eigenvalue weighted by atomic mass is 19.4. The summed E-state index contributed by atoms with van der Waals surface area (Å²) >= 11 is 0. The number of aromatic nitrogens is 3. The first-order valence-electron chi connectivity index (χ1n) is 10.9. The molecule has 2 atom stereocenters. The summed E-state index contributed by atoms with van der Waals surface area (Å²) in [6.45, 7) is -0.552. The van der Waals surface area contributed by atoms with Crippen LogP contribution in [0.1, 0.15) is 23.4 Å². The highest BCUT2D eigenvalue weighted by Crippen LogP contribution is 2.39. The van der Waals surface area contributed by atoms with Crippen molar-refractivity contribution in [2.75, 3.05) is 31.6 Å². The van der Waals surface area contributed by atoms with Crippen LogP contribution in [0.25, 0.3) is 5.65 Å². The molecule has 2 aromatic heterocycles. The highest BCUT2D eigenvalue weighted by Gasteiger charge is 2.45. The van der Waals surface area contributed by atoms with E-state index in [1.807, 2.05) is 0 Å². The van der Waals surface area contributed by atoms with Gasteiger partial charge in [-0.15, -0.1) is 0 Å². The lowest BCUT2D eigenvalue weighted by atomic mass is 9.70. The fourth-order valence-corrected chi connectivity index (χ4v) is 4.58. The fourth-order valence-electron chi connectivity index (χ4n) is 4.58. The first-order chi connectivity index (χ1) is 17.2. The Morgan fingerprint density at radius 1 is 1.08 bits per heavy atom. The molecule has 2 amide bonds. The molecule has 0 aliphatic carbocycles. The van der Waals surface area contributed by atoms with Crippen molar-refractivity contribution in [2.24, 2.45) is 11.7 Å². The van der Waals surface area contributed by atoms with Crippen LogP contribution in [0.15, 0.2) is 36.4 Å². The van der Waals surface area contributed by atoms with Gasteiger partial charge in [0.15, 0.2) is 17.0 Å². The van der Waals surface area contributed by atoms with Gasteiger partial charge in [0.1, 0.15) is 11.6 Å². The molecule has 0 unspecified atom stereocenters. The number of anilines is 1. The first kappa shape index (κ1) is 26.4. The van der Waals surface area contributed by atoms with Gasteiger partial charge >= 0.3 is 18.4 Å². The van der Waals surface area contributed by atoms with Crippen molar-refractivity contribution >= 4 is 17.5 Å². The number of benzene rings is 1. The third-order valence-electron chi connectivity index (χ3n) is 6.58. The Labute approximate surface area is 204 Å². The van der Waals surface area contributed by atoms with E-state index in [1.54, 1.807) is 0 Å². The number of urea groups is 1. The maximum absolute atomic E-state index is 13.6. The molecule has 1 aliphatic rings. The molecule has 4 rings (SSSR count). The summed E-state index contributed by atoms with van der Waals surface area (Å²) in [5, 5.41) is 16.6. The number of carbonyl (C=O) groups is 1. The van der Waals surface area contributed by atoms with Gasteiger partial charge in [0.2, 0.25) is 0 Å². The Bertz CT molecular complexity index is 1290. The normalized spacial score (nSPS) is 18.3. The monoisotopic (exact) mass is 534 g/mol. The van der Waals surface area contributed by atoms with Crippen molar-refractivity contribution in [1.82, 2.24) is 19.5 Å². The molecule has 1 aliphatic heterocycles. The second-order valence-electron chi connectivity index (χ2n) is 8.77. The molecule has 0 spiro atoms. The second kappa shape index (κ2) is 9.36. The standard InChI is InChI=1S/C22H21F7N6O2/c23-14-3-1-12(2-4-14)20(11-36,13-5-6-34(9-13)19(30)37)10-31-17-7-15(21(24,25)26)32-18-8-16(22(27,28)29)33-35(17)18/h1-4,7-8,13,31,36H,5-6,9-11H2,(H2,30,37)/t13-,20-/m1/s1. The third-order valence-corrected chi connectivity index (χ3v) is 6.58. The maximum atomic E-state index is 13.6. The number of nitrogens with two attached hydrogens (primary N) is 1. The minimum Gasteiger partial charge on any atom is -0.395 e. The van der Waals surface area contributed by atoms with E-state index in [9.17, 15) is 40.6 Å². The van der Waals surface area contributed by atoms with E-state index in [4.69, 9.17) is 5.73 Å². The number of fused-ring (bicyclic) bond motifs is 1. The van der Waals surface area contributed by atoms with Crippen molar-refractivity contribution in [2.45, 2.75) is 24.2 Å².